The SMILES string of the molecule is CN1C(=O)[C@@H](NC(=O)c2n[nH]c(Cc3ccccc3)n2)CSc2cc(N3CCCC3)ncc21. The lowest BCUT2D eigenvalue weighted by atomic mass is 10.1. The van der Waals surface area contributed by atoms with Gasteiger partial charge in [0.25, 0.3) is 5.91 Å². The van der Waals surface area contributed by atoms with Gasteiger partial charge in [-0.2, -0.15) is 0 Å². The van der Waals surface area contributed by atoms with E-state index >= 15 is 0 Å². The smallest absolute Gasteiger partial charge is 0.291 e. The molecule has 1 saturated heterocycles. The maximum absolute atomic E-state index is 13.1. The van der Waals surface area contributed by atoms with Crippen LogP contribution >= 0.6 is 11.8 Å². The van der Waals surface area contributed by atoms with Crippen LogP contribution in [0.2, 0.25) is 0 Å². The van der Waals surface area contributed by atoms with Crippen LogP contribution in [-0.2, 0) is 11.2 Å². The van der Waals surface area contributed by atoms with E-state index in [-0.39, 0.29) is 11.7 Å². The first kappa shape index (κ1) is 21.4. The van der Waals surface area contributed by atoms with Gasteiger partial charge in [-0.1, -0.05) is 30.3 Å². The number of fused-ring (bicyclic) bond motifs is 1. The molecular weight excluding hydrogens is 438 g/mol. The second-order valence-corrected chi connectivity index (χ2v) is 9.27. The molecule has 2 aromatic heterocycles. The monoisotopic (exact) mass is 463 g/mol. The van der Waals surface area contributed by atoms with Crippen LogP contribution in [-0.4, -0.2) is 63.9 Å². The first-order chi connectivity index (χ1) is 16.1. The number of carbonyl (C=O) groups is 2. The first-order valence-corrected chi connectivity index (χ1v) is 12.0. The van der Waals surface area contributed by atoms with Crippen LogP contribution in [0.1, 0.15) is 34.8 Å². The summed E-state index contributed by atoms with van der Waals surface area (Å²) in [6.07, 6.45) is 4.65. The van der Waals surface area contributed by atoms with Gasteiger partial charge in [-0.3, -0.25) is 14.7 Å². The fourth-order valence-corrected chi connectivity index (χ4v) is 5.19. The average molecular weight is 464 g/mol. The minimum atomic E-state index is -0.689. The number of likely N-dealkylation sites (N-methyl/N-ethyl adjacent to an activating group) is 1. The van der Waals surface area contributed by atoms with Crippen molar-refractivity contribution < 1.29 is 9.59 Å². The topological polar surface area (TPSA) is 107 Å². The largest absolute Gasteiger partial charge is 0.357 e. The molecule has 9 nitrogen and oxygen atoms in total. The molecule has 1 aromatic carbocycles. The summed E-state index contributed by atoms with van der Waals surface area (Å²) in [7, 11) is 1.72. The molecule has 4 heterocycles. The normalized spacial score (nSPS) is 18.2. The van der Waals surface area contributed by atoms with Crippen molar-refractivity contribution in [3.8, 4) is 0 Å². The predicted molar refractivity (Wildman–Crippen MR) is 127 cm³/mol. The number of aromatic amines is 1. The zero-order valence-corrected chi connectivity index (χ0v) is 19.1. The molecule has 1 fully saturated rings. The minimum absolute atomic E-state index is 0.0288. The molecule has 0 bridgehead atoms. The van der Waals surface area contributed by atoms with E-state index in [4.69, 9.17) is 0 Å². The Morgan fingerprint density at radius 3 is 2.82 bits per heavy atom. The number of nitrogens with zero attached hydrogens (tertiary/aromatic N) is 5. The van der Waals surface area contributed by atoms with Crippen molar-refractivity contribution in [2.45, 2.75) is 30.2 Å². The minimum Gasteiger partial charge on any atom is -0.357 e. The molecule has 0 saturated carbocycles. The Bertz CT molecular complexity index is 1160. The first-order valence-electron chi connectivity index (χ1n) is 11.0. The number of hydrogen-bond acceptors (Lipinski definition) is 7. The van der Waals surface area contributed by atoms with Gasteiger partial charge in [0.2, 0.25) is 11.7 Å². The van der Waals surface area contributed by atoms with Crippen LogP contribution in [0.5, 0.6) is 0 Å². The molecule has 2 aliphatic heterocycles. The van der Waals surface area contributed by atoms with Gasteiger partial charge < -0.3 is 15.1 Å². The highest BCUT2D eigenvalue weighted by Gasteiger charge is 2.31. The van der Waals surface area contributed by atoms with Crippen molar-refractivity contribution in [3.05, 3.63) is 59.8 Å². The van der Waals surface area contributed by atoms with E-state index in [1.807, 2.05) is 36.4 Å². The summed E-state index contributed by atoms with van der Waals surface area (Å²) < 4.78 is 0. The summed E-state index contributed by atoms with van der Waals surface area (Å²) in [4.78, 5) is 39.6. The molecule has 2 aliphatic rings. The van der Waals surface area contributed by atoms with E-state index in [1.165, 1.54) is 12.8 Å². The second kappa shape index (κ2) is 9.22. The van der Waals surface area contributed by atoms with Crippen molar-refractivity contribution in [1.29, 1.82) is 0 Å². The number of benzene rings is 1. The van der Waals surface area contributed by atoms with Gasteiger partial charge in [-0.05, 0) is 24.5 Å². The number of hydrogen-bond donors (Lipinski definition) is 2. The molecule has 33 heavy (non-hydrogen) atoms. The van der Waals surface area contributed by atoms with E-state index < -0.39 is 11.9 Å². The maximum Gasteiger partial charge on any atom is 0.291 e. The molecule has 170 valence electrons. The van der Waals surface area contributed by atoms with E-state index in [2.05, 4.69) is 30.4 Å². The number of carbonyl (C=O) groups excluding carboxylic acids is 2. The van der Waals surface area contributed by atoms with Gasteiger partial charge in [-0.15, -0.1) is 16.9 Å². The molecule has 0 aliphatic carbocycles. The van der Waals surface area contributed by atoms with Crippen molar-refractivity contribution in [2.75, 3.05) is 35.7 Å². The fourth-order valence-electron chi connectivity index (χ4n) is 4.09. The number of rotatable bonds is 5. The summed E-state index contributed by atoms with van der Waals surface area (Å²) in [6, 6.07) is 11.2. The second-order valence-electron chi connectivity index (χ2n) is 8.21. The highest BCUT2D eigenvalue weighted by Crippen LogP contribution is 2.36. The molecule has 2 N–H and O–H groups in total. The number of pyridine rings is 1. The van der Waals surface area contributed by atoms with E-state index in [1.54, 1.807) is 29.9 Å². The molecule has 0 spiro atoms. The van der Waals surface area contributed by atoms with Crippen molar-refractivity contribution in [1.82, 2.24) is 25.5 Å². The van der Waals surface area contributed by atoms with Crippen LogP contribution in [0.25, 0.3) is 0 Å². The molecule has 5 rings (SSSR count). The highest BCUT2D eigenvalue weighted by atomic mass is 32.2. The molecule has 3 aromatic rings. The summed E-state index contributed by atoms with van der Waals surface area (Å²) in [6.45, 7) is 2.01. The Balaban J connectivity index is 1.27. The van der Waals surface area contributed by atoms with Crippen molar-refractivity contribution in [3.63, 3.8) is 0 Å². The highest BCUT2D eigenvalue weighted by molar-refractivity contribution is 7.99. The van der Waals surface area contributed by atoms with E-state index in [9.17, 15) is 9.59 Å². The average Bonchev–Trinajstić information content (AvgIpc) is 3.52. The number of H-pyrrole nitrogens is 1. The summed E-state index contributed by atoms with van der Waals surface area (Å²) >= 11 is 1.55. The van der Waals surface area contributed by atoms with Gasteiger partial charge >= 0.3 is 0 Å². The summed E-state index contributed by atoms with van der Waals surface area (Å²) in [5.41, 5.74) is 1.82. The number of anilines is 2. The van der Waals surface area contributed by atoms with Crippen molar-refractivity contribution >= 4 is 35.1 Å². The number of nitrogens with one attached hydrogen (secondary N) is 2. The number of aromatic nitrogens is 4. The van der Waals surface area contributed by atoms with Crippen LogP contribution in [0.15, 0.2) is 47.5 Å². The molecule has 1 atom stereocenters. The Hall–Kier alpha value is -3.40. The van der Waals surface area contributed by atoms with E-state index in [0.29, 0.717) is 18.0 Å². The molecule has 10 heteroatoms. The zero-order valence-electron chi connectivity index (χ0n) is 18.3. The third-order valence-corrected chi connectivity index (χ3v) is 7.05. The lowest BCUT2D eigenvalue weighted by Crippen LogP contribution is -2.48. The Morgan fingerprint density at radius 1 is 1.24 bits per heavy atom. The standard InChI is InChI=1S/C23H25N7O2S/c1-29-17-13-24-20(30-9-5-6-10-30)12-18(17)33-14-16(23(29)32)25-22(31)21-26-19(27-28-21)11-15-7-3-2-4-8-15/h2-4,7-8,12-13,16H,5-6,9-11,14H2,1H3,(H,25,31)(H,26,27,28)/t16-/m0/s1. The number of amides is 2. The lowest BCUT2D eigenvalue weighted by molar-refractivity contribution is -0.119. The molecule has 2 amide bonds. The van der Waals surface area contributed by atoms with Gasteiger partial charge in [0.1, 0.15) is 17.7 Å². The van der Waals surface area contributed by atoms with Gasteiger partial charge in [0.15, 0.2) is 0 Å². The Labute approximate surface area is 196 Å². The third-order valence-electron chi connectivity index (χ3n) is 5.91. The molecule has 0 unspecified atom stereocenters. The van der Waals surface area contributed by atoms with Gasteiger partial charge in [0.05, 0.1) is 11.9 Å². The van der Waals surface area contributed by atoms with Gasteiger partial charge in [0, 0.05) is 37.2 Å². The predicted octanol–water partition coefficient (Wildman–Crippen LogP) is 2.26. The Kier molecular flexibility index (Phi) is 5.99. The van der Waals surface area contributed by atoms with Crippen LogP contribution < -0.4 is 15.1 Å². The Morgan fingerprint density at radius 2 is 2.03 bits per heavy atom. The van der Waals surface area contributed by atoms with Crippen LogP contribution in [0, 0.1) is 0 Å². The fraction of sp³-hybridized carbons (Fsp3) is 0.348. The lowest BCUT2D eigenvalue weighted by Gasteiger charge is -2.22. The van der Waals surface area contributed by atoms with Crippen LogP contribution in [0.4, 0.5) is 11.5 Å². The third kappa shape index (κ3) is 4.56. The molecular formula is C23H25N7O2S. The van der Waals surface area contributed by atoms with Crippen LogP contribution in [0.3, 0.4) is 0 Å². The van der Waals surface area contributed by atoms with E-state index in [0.717, 1.165) is 35.1 Å². The van der Waals surface area contributed by atoms with Gasteiger partial charge in [-0.25, -0.2) is 9.97 Å². The summed E-state index contributed by atoms with van der Waals surface area (Å²) in [5, 5.41) is 9.67. The summed E-state index contributed by atoms with van der Waals surface area (Å²) in [5.74, 6) is 1.32. The number of thioether (sulfide) groups is 1. The zero-order chi connectivity index (χ0) is 22.8. The molecule has 0 radical (unpaired) electrons. The quantitative estimate of drug-likeness (QED) is 0.598. The van der Waals surface area contributed by atoms with Crippen molar-refractivity contribution in [2.24, 2.45) is 0 Å². The maximum atomic E-state index is 13.1.